The van der Waals surface area contributed by atoms with Crippen molar-refractivity contribution in [2.24, 2.45) is 0 Å². The van der Waals surface area contributed by atoms with E-state index in [0.717, 1.165) is 5.56 Å². The molecule has 1 aromatic rings. The van der Waals surface area contributed by atoms with Gasteiger partial charge in [-0.3, -0.25) is 0 Å². The quantitative estimate of drug-likeness (QED) is 0.718. The number of hydrogen-bond acceptors (Lipinski definition) is 1. The Morgan fingerprint density at radius 2 is 1.86 bits per heavy atom. The lowest BCUT2D eigenvalue weighted by Gasteiger charge is -2.22. The molecule has 14 heavy (non-hydrogen) atoms. The maximum absolute atomic E-state index is 13.2. The molecule has 0 saturated carbocycles. The molecule has 0 aliphatic heterocycles. The SMILES string of the molecule is COc1c(C(C)(C)C)ccc(F)c1I. The van der Waals surface area contributed by atoms with Gasteiger partial charge in [0, 0.05) is 5.56 Å². The fraction of sp³-hybridized carbons (Fsp3) is 0.455. The molecule has 0 heterocycles. The zero-order chi connectivity index (χ0) is 10.9. The summed E-state index contributed by atoms with van der Waals surface area (Å²) in [5, 5.41) is 0. The third-order valence-corrected chi connectivity index (χ3v) is 3.07. The summed E-state index contributed by atoms with van der Waals surface area (Å²) >= 11 is 1.97. The number of benzene rings is 1. The molecule has 0 radical (unpaired) electrons. The second-order valence-electron chi connectivity index (χ2n) is 4.19. The fourth-order valence-electron chi connectivity index (χ4n) is 1.32. The van der Waals surface area contributed by atoms with Crippen LogP contribution in [0.15, 0.2) is 12.1 Å². The van der Waals surface area contributed by atoms with Gasteiger partial charge in [-0.25, -0.2) is 4.39 Å². The lowest BCUT2D eigenvalue weighted by Crippen LogP contribution is -2.14. The van der Waals surface area contributed by atoms with Crippen LogP contribution >= 0.6 is 22.6 Å². The molecule has 0 saturated heterocycles. The summed E-state index contributed by atoms with van der Waals surface area (Å²) in [5.74, 6) is 0.425. The van der Waals surface area contributed by atoms with Crippen LogP contribution in [0.4, 0.5) is 4.39 Å². The van der Waals surface area contributed by atoms with Crippen LogP contribution in [0.2, 0.25) is 0 Å². The second kappa shape index (κ2) is 4.04. The van der Waals surface area contributed by atoms with E-state index in [1.165, 1.54) is 6.07 Å². The highest BCUT2D eigenvalue weighted by Gasteiger charge is 2.21. The smallest absolute Gasteiger partial charge is 0.140 e. The highest BCUT2D eigenvalue weighted by Crippen LogP contribution is 2.35. The summed E-state index contributed by atoms with van der Waals surface area (Å²) < 4.78 is 19.0. The van der Waals surface area contributed by atoms with Crippen molar-refractivity contribution in [2.45, 2.75) is 26.2 Å². The Hall–Kier alpha value is -0.320. The van der Waals surface area contributed by atoms with E-state index in [0.29, 0.717) is 9.32 Å². The molecule has 1 nitrogen and oxygen atoms in total. The predicted octanol–water partition coefficient (Wildman–Crippen LogP) is 3.74. The van der Waals surface area contributed by atoms with Crippen molar-refractivity contribution < 1.29 is 9.13 Å². The van der Waals surface area contributed by atoms with Crippen LogP contribution in [0.5, 0.6) is 5.75 Å². The maximum atomic E-state index is 13.2. The Bertz CT molecular complexity index is 342. The minimum Gasteiger partial charge on any atom is -0.495 e. The predicted molar refractivity (Wildman–Crippen MR) is 64.4 cm³/mol. The van der Waals surface area contributed by atoms with E-state index in [1.54, 1.807) is 13.2 Å². The first-order chi connectivity index (χ1) is 6.38. The largest absolute Gasteiger partial charge is 0.495 e. The highest BCUT2D eigenvalue weighted by molar-refractivity contribution is 14.1. The molecule has 0 spiro atoms. The van der Waals surface area contributed by atoms with Gasteiger partial charge in [0.2, 0.25) is 0 Å². The van der Waals surface area contributed by atoms with Crippen LogP contribution in [-0.4, -0.2) is 7.11 Å². The molecule has 0 N–H and O–H groups in total. The molecule has 1 aromatic carbocycles. The Morgan fingerprint density at radius 3 is 2.29 bits per heavy atom. The molecular formula is C11H14FIO. The molecule has 0 aliphatic rings. The van der Waals surface area contributed by atoms with Crippen molar-refractivity contribution in [1.82, 2.24) is 0 Å². The van der Waals surface area contributed by atoms with Gasteiger partial charge >= 0.3 is 0 Å². The van der Waals surface area contributed by atoms with Crippen LogP contribution < -0.4 is 4.74 Å². The lowest BCUT2D eigenvalue weighted by molar-refractivity contribution is 0.390. The standard InChI is InChI=1S/C11H14FIO/c1-11(2,3)7-5-6-8(12)9(13)10(7)14-4/h5-6H,1-4H3. The van der Waals surface area contributed by atoms with E-state index in [9.17, 15) is 4.39 Å². The Balaban J connectivity index is 3.39. The monoisotopic (exact) mass is 308 g/mol. The van der Waals surface area contributed by atoms with Crippen molar-refractivity contribution in [2.75, 3.05) is 7.11 Å². The number of rotatable bonds is 1. The molecule has 0 bridgehead atoms. The van der Waals surface area contributed by atoms with Crippen molar-refractivity contribution in [3.8, 4) is 5.75 Å². The molecular weight excluding hydrogens is 294 g/mol. The average Bonchev–Trinajstić information content (AvgIpc) is 2.07. The van der Waals surface area contributed by atoms with Gasteiger partial charge < -0.3 is 4.74 Å². The summed E-state index contributed by atoms with van der Waals surface area (Å²) in [6.45, 7) is 6.25. The van der Waals surface area contributed by atoms with E-state index < -0.39 is 0 Å². The van der Waals surface area contributed by atoms with Crippen molar-refractivity contribution >= 4 is 22.6 Å². The van der Waals surface area contributed by atoms with Gasteiger partial charge in [-0.15, -0.1) is 0 Å². The number of hydrogen-bond donors (Lipinski definition) is 0. The van der Waals surface area contributed by atoms with Gasteiger partial charge in [-0.1, -0.05) is 26.8 Å². The molecule has 0 amide bonds. The third-order valence-electron chi connectivity index (χ3n) is 2.06. The Morgan fingerprint density at radius 1 is 1.29 bits per heavy atom. The van der Waals surface area contributed by atoms with Gasteiger partial charge in [0.25, 0.3) is 0 Å². The van der Waals surface area contributed by atoms with Crippen LogP contribution in [-0.2, 0) is 5.41 Å². The molecule has 0 atom stereocenters. The van der Waals surface area contributed by atoms with Gasteiger partial charge in [0.1, 0.15) is 11.6 Å². The van der Waals surface area contributed by atoms with Gasteiger partial charge in [-0.2, -0.15) is 0 Å². The minimum atomic E-state index is -0.226. The topological polar surface area (TPSA) is 9.23 Å². The number of halogens is 2. The molecule has 0 unspecified atom stereocenters. The van der Waals surface area contributed by atoms with Crippen LogP contribution in [0.1, 0.15) is 26.3 Å². The Labute approximate surface area is 97.8 Å². The molecule has 0 aliphatic carbocycles. The first-order valence-corrected chi connectivity index (χ1v) is 5.48. The van der Waals surface area contributed by atoms with Gasteiger partial charge in [0.15, 0.2) is 0 Å². The molecule has 0 aromatic heterocycles. The lowest BCUT2D eigenvalue weighted by atomic mass is 9.86. The summed E-state index contributed by atoms with van der Waals surface area (Å²) in [6, 6.07) is 3.28. The van der Waals surface area contributed by atoms with Gasteiger partial charge in [0.05, 0.1) is 10.7 Å². The van der Waals surface area contributed by atoms with E-state index in [1.807, 2.05) is 22.6 Å². The first kappa shape index (κ1) is 11.8. The summed E-state index contributed by atoms with van der Waals surface area (Å²) in [5.41, 5.74) is 1.00. The van der Waals surface area contributed by atoms with Crippen LogP contribution in [0.25, 0.3) is 0 Å². The van der Waals surface area contributed by atoms with Crippen molar-refractivity contribution in [3.05, 3.63) is 27.1 Å². The average molecular weight is 308 g/mol. The van der Waals surface area contributed by atoms with Gasteiger partial charge in [-0.05, 0) is 34.1 Å². The first-order valence-electron chi connectivity index (χ1n) is 4.40. The van der Waals surface area contributed by atoms with E-state index in [4.69, 9.17) is 4.74 Å². The number of ether oxygens (including phenoxy) is 1. The van der Waals surface area contributed by atoms with Crippen LogP contribution in [0, 0.1) is 9.39 Å². The molecule has 1 rings (SSSR count). The summed E-state index contributed by atoms with van der Waals surface area (Å²) in [6.07, 6.45) is 0. The molecule has 78 valence electrons. The number of methoxy groups -OCH3 is 1. The fourth-order valence-corrected chi connectivity index (χ4v) is 2.01. The van der Waals surface area contributed by atoms with Crippen LogP contribution in [0.3, 0.4) is 0 Å². The zero-order valence-corrected chi connectivity index (χ0v) is 11.0. The maximum Gasteiger partial charge on any atom is 0.140 e. The summed E-state index contributed by atoms with van der Waals surface area (Å²) in [7, 11) is 1.58. The minimum absolute atomic E-state index is 0.0288. The normalized spacial score (nSPS) is 11.6. The van der Waals surface area contributed by atoms with E-state index in [-0.39, 0.29) is 11.2 Å². The van der Waals surface area contributed by atoms with Crippen molar-refractivity contribution in [3.63, 3.8) is 0 Å². The summed E-state index contributed by atoms with van der Waals surface area (Å²) in [4.78, 5) is 0. The van der Waals surface area contributed by atoms with E-state index >= 15 is 0 Å². The Kier molecular flexibility index (Phi) is 3.40. The second-order valence-corrected chi connectivity index (χ2v) is 5.27. The third kappa shape index (κ3) is 2.19. The van der Waals surface area contributed by atoms with E-state index in [2.05, 4.69) is 20.8 Å². The molecule has 3 heteroatoms. The zero-order valence-electron chi connectivity index (χ0n) is 8.82. The highest BCUT2D eigenvalue weighted by atomic mass is 127. The van der Waals surface area contributed by atoms with Crippen molar-refractivity contribution in [1.29, 1.82) is 0 Å². The molecule has 0 fully saturated rings.